The summed E-state index contributed by atoms with van der Waals surface area (Å²) in [4.78, 5) is 7.22. The van der Waals surface area contributed by atoms with E-state index >= 15 is 0 Å². The topological polar surface area (TPSA) is 53.6 Å². The van der Waals surface area contributed by atoms with Crippen molar-refractivity contribution >= 4 is 29.9 Å². The number of nitrogens with one attached hydrogen (secondary N) is 1. The second kappa shape index (κ2) is 12.5. The molecule has 3 N–H and O–H groups in total. The highest BCUT2D eigenvalue weighted by Gasteiger charge is 2.27. The van der Waals surface area contributed by atoms with Crippen LogP contribution in [0, 0.1) is 5.92 Å². The van der Waals surface area contributed by atoms with Crippen LogP contribution in [0.15, 0.2) is 4.99 Å². The molecule has 1 atom stereocenters. The lowest BCUT2D eigenvalue weighted by molar-refractivity contribution is 0.172. The molecule has 0 radical (unpaired) electrons. The first-order valence-corrected chi connectivity index (χ1v) is 8.50. The largest absolute Gasteiger partial charge is 0.370 e. The first kappa shape index (κ1) is 21.0. The van der Waals surface area contributed by atoms with Crippen LogP contribution in [0.25, 0.3) is 0 Å². The molecule has 0 aliphatic carbocycles. The normalized spacial score (nSPS) is 17.8. The summed E-state index contributed by atoms with van der Waals surface area (Å²) in [5, 5.41) is 3.21. The summed E-state index contributed by atoms with van der Waals surface area (Å²) in [7, 11) is 0. The van der Waals surface area contributed by atoms with Gasteiger partial charge in [0.2, 0.25) is 0 Å². The number of hydrogen-bond acceptors (Lipinski definition) is 2. The Morgan fingerprint density at radius 1 is 1.19 bits per heavy atom. The Morgan fingerprint density at radius 2 is 1.81 bits per heavy atom. The standard InChI is InChI=1S/C16H34N4.HI/c1-4-7-10-18-16(17)19-13-15(14(5-2)6-3)20-11-8-9-12-20;/h14-15H,4-13H2,1-3H3,(H3,17,18,19);1H. The number of halogens is 1. The van der Waals surface area contributed by atoms with Crippen LogP contribution < -0.4 is 11.1 Å². The highest BCUT2D eigenvalue weighted by atomic mass is 127. The van der Waals surface area contributed by atoms with Crippen molar-refractivity contribution in [3.05, 3.63) is 0 Å². The molecule has 1 fully saturated rings. The molecule has 0 bridgehead atoms. The maximum atomic E-state index is 5.96. The molecule has 1 unspecified atom stereocenters. The van der Waals surface area contributed by atoms with Crippen molar-refractivity contribution in [3.63, 3.8) is 0 Å². The minimum atomic E-state index is 0. The Morgan fingerprint density at radius 3 is 2.33 bits per heavy atom. The van der Waals surface area contributed by atoms with E-state index in [1.54, 1.807) is 0 Å². The van der Waals surface area contributed by atoms with Gasteiger partial charge in [-0.1, -0.05) is 40.0 Å². The molecular formula is C16H35IN4. The molecule has 0 amide bonds. The highest BCUT2D eigenvalue weighted by Crippen LogP contribution is 2.23. The number of unbranched alkanes of at least 4 members (excludes halogenated alkanes) is 1. The summed E-state index contributed by atoms with van der Waals surface area (Å²) in [5.74, 6) is 1.36. The van der Waals surface area contributed by atoms with Crippen LogP contribution in [-0.4, -0.2) is 43.1 Å². The second-order valence-electron chi connectivity index (χ2n) is 5.89. The first-order chi connectivity index (χ1) is 9.72. The molecule has 1 heterocycles. The molecule has 1 aliphatic rings. The predicted molar refractivity (Wildman–Crippen MR) is 103 cm³/mol. The highest BCUT2D eigenvalue weighted by molar-refractivity contribution is 14.0. The average molecular weight is 410 g/mol. The van der Waals surface area contributed by atoms with Gasteiger partial charge in [0.1, 0.15) is 0 Å². The zero-order valence-corrected chi connectivity index (χ0v) is 16.4. The summed E-state index contributed by atoms with van der Waals surface area (Å²) in [6.45, 7) is 11.0. The fourth-order valence-electron chi connectivity index (χ4n) is 3.11. The number of rotatable bonds is 9. The Hall–Kier alpha value is -0.0400. The van der Waals surface area contributed by atoms with Crippen LogP contribution in [0.1, 0.15) is 59.3 Å². The van der Waals surface area contributed by atoms with Gasteiger partial charge in [-0.2, -0.15) is 0 Å². The summed E-state index contributed by atoms with van der Waals surface area (Å²) >= 11 is 0. The smallest absolute Gasteiger partial charge is 0.188 e. The summed E-state index contributed by atoms with van der Waals surface area (Å²) in [6.07, 6.45) is 7.48. The number of aliphatic imine (C=N–C) groups is 1. The number of likely N-dealkylation sites (tertiary alicyclic amines) is 1. The maximum Gasteiger partial charge on any atom is 0.188 e. The van der Waals surface area contributed by atoms with E-state index in [0.29, 0.717) is 12.0 Å². The lowest BCUT2D eigenvalue weighted by Crippen LogP contribution is -2.42. The third-order valence-electron chi connectivity index (χ3n) is 4.49. The first-order valence-electron chi connectivity index (χ1n) is 8.50. The van der Waals surface area contributed by atoms with Gasteiger partial charge in [0.15, 0.2) is 5.96 Å². The van der Waals surface area contributed by atoms with E-state index < -0.39 is 0 Å². The number of hydrogen-bond donors (Lipinski definition) is 2. The van der Waals surface area contributed by atoms with Crippen molar-refractivity contribution in [2.75, 3.05) is 26.2 Å². The van der Waals surface area contributed by atoms with Gasteiger partial charge in [0, 0.05) is 12.6 Å². The van der Waals surface area contributed by atoms with E-state index in [2.05, 4.69) is 36.0 Å². The van der Waals surface area contributed by atoms with Gasteiger partial charge in [-0.05, 0) is 38.3 Å². The fraction of sp³-hybridized carbons (Fsp3) is 0.938. The minimum Gasteiger partial charge on any atom is -0.370 e. The lowest BCUT2D eigenvalue weighted by Gasteiger charge is -2.32. The second-order valence-corrected chi connectivity index (χ2v) is 5.89. The maximum absolute atomic E-state index is 5.96. The Kier molecular flexibility index (Phi) is 12.5. The van der Waals surface area contributed by atoms with E-state index in [0.717, 1.165) is 25.4 Å². The number of nitrogens with zero attached hydrogens (tertiary/aromatic N) is 2. The summed E-state index contributed by atoms with van der Waals surface area (Å²) in [6, 6.07) is 0.569. The molecule has 4 nitrogen and oxygen atoms in total. The van der Waals surface area contributed by atoms with E-state index in [4.69, 9.17) is 5.73 Å². The van der Waals surface area contributed by atoms with Gasteiger partial charge in [-0.25, -0.2) is 0 Å². The van der Waals surface area contributed by atoms with Gasteiger partial charge in [-0.15, -0.1) is 24.0 Å². The fourth-order valence-corrected chi connectivity index (χ4v) is 3.11. The Bertz CT molecular complexity index is 271. The van der Waals surface area contributed by atoms with Crippen molar-refractivity contribution in [1.82, 2.24) is 10.2 Å². The van der Waals surface area contributed by atoms with Crippen LogP contribution in [0.2, 0.25) is 0 Å². The third-order valence-corrected chi connectivity index (χ3v) is 4.49. The van der Waals surface area contributed by atoms with Crippen LogP contribution >= 0.6 is 24.0 Å². The quantitative estimate of drug-likeness (QED) is 0.266. The van der Waals surface area contributed by atoms with Gasteiger partial charge in [-0.3, -0.25) is 9.89 Å². The van der Waals surface area contributed by atoms with Crippen molar-refractivity contribution in [2.24, 2.45) is 16.6 Å². The molecular weight excluding hydrogens is 375 g/mol. The monoisotopic (exact) mass is 410 g/mol. The van der Waals surface area contributed by atoms with Crippen LogP contribution in [0.4, 0.5) is 0 Å². The van der Waals surface area contributed by atoms with E-state index in [1.807, 2.05) is 0 Å². The SMILES string of the molecule is CCCCNC(N)=NCC(C(CC)CC)N1CCCC1.I. The average Bonchev–Trinajstić information content (AvgIpc) is 2.97. The number of guanidine groups is 1. The van der Waals surface area contributed by atoms with Gasteiger partial charge in [0.25, 0.3) is 0 Å². The van der Waals surface area contributed by atoms with Crippen molar-refractivity contribution in [3.8, 4) is 0 Å². The van der Waals surface area contributed by atoms with E-state index in [9.17, 15) is 0 Å². The molecule has 0 aromatic carbocycles. The Balaban J connectivity index is 0.00000400. The Labute approximate surface area is 148 Å². The zero-order chi connectivity index (χ0) is 14.8. The van der Waals surface area contributed by atoms with Crippen LogP contribution in [-0.2, 0) is 0 Å². The third kappa shape index (κ3) is 7.68. The van der Waals surface area contributed by atoms with Gasteiger partial charge < -0.3 is 11.1 Å². The van der Waals surface area contributed by atoms with E-state index in [1.165, 1.54) is 45.2 Å². The van der Waals surface area contributed by atoms with Crippen molar-refractivity contribution in [2.45, 2.75) is 65.3 Å². The molecule has 0 aromatic rings. The molecule has 1 saturated heterocycles. The molecule has 126 valence electrons. The minimum absolute atomic E-state index is 0. The molecule has 1 rings (SSSR count). The molecule has 5 heteroatoms. The molecule has 21 heavy (non-hydrogen) atoms. The summed E-state index contributed by atoms with van der Waals surface area (Å²) in [5.41, 5.74) is 5.96. The lowest BCUT2D eigenvalue weighted by atomic mass is 9.93. The molecule has 0 spiro atoms. The van der Waals surface area contributed by atoms with E-state index in [-0.39, 0.29) is 24.0 Å². The van der Waals surface area contributed by atoms with Crippen LogP contribution in [0.5, 0.6) is 0 Å². The van der Waals surface area contributed by atoms with Gasteiger partial charge in [0.05, 0.1) is 6.54 Å². The van der Waals surface area contributed by atoms with Crippen LogP contribution in [0.3, 0.4) is 0 Å². The zero-order valence-electron chi connectivity index (χ0n) is 14.1. The molecule has 0 saturated carbocycles. The van der Waals surface area contributed by atoms with Crippen molar-refractivity contribution < 1.29 is 0 Å². The number of nitrogens with two attached hydrogens (primary N) is 1. The van der Waals surface area contributed by atoms with Crippen molar-refractivity contribution in [1.29, 1.82) is 0 Å². The molecule has 0 aromatic heterocycles. The predicted octanol–water partition coefficient (Wildman–Crippen LogP) is 3.21. The van der Waals surface area contributed by atoms with Gasteiger partial charge >= 0.3 is 0 Å². The summed E-state index contributed by atoms with van der Waals surface area (Å²) < 4.78 is 0. The molecule has 1 aliphatic heterocycles.